The van der Waals surface area contributed by atoms with Crippen LogP contribution in [0, 0.1) is 13.8 Å². The average Bonchev–Trinajstić information content (AvgIpc) is 2.31. The first-order valence-electron chi connectivity index (χ1n) is 5.44. The van der Waals surface area contributed by atoms with Gasteiger partial charge in [0.15, 0.2) is 0 Å². The van der Waals surface area contributed by atoms with Gasteiger partial charge in [-0.2, -0.15) is 0 Å². The van der Waals surface area contributed by atoms with E-state index in [1.165, 1.54) is 27.8 Å². The van der Waals surface area contributed by atoms with E-state index in [0.717, 1.165) is 5.33 Å². The van der Waals surface area contributed by atoms with Gasteiger partial charge in [0.1, 0.15) is 0 Å². The van der Waals surface area contributed by atoms with E-state index in [2.05, 4.69) is 72.2 Å². The molecule has 1 heteroatoms. The lowest BCUT2D eigenvalue weighted by Crippen LogP contribution is -1.88. The molecule has 2 aromatic carbocycles. The van der Waals surface area contributed by atoms with Gasteiger partial charge in [0.2, 0.25) is 0 Å². The zero-order valence-electron chi connectivity index (χ0n) is 9.63. The molecule has 2 rings (SSSR count). The van der Waals surface area contributed by atoms with E-state index >= 15 is 0 Å². The Morgan fingerprint density at radius 1 is 0.875 bits per heavy atom. The molecular weight excluding hydrogens is 260 g/mol. The monoisotopic (exact) mass is 274 g/mol. The molecule has 2 aromatic rings. The summed E-state index contributed by atoms with van der Waals surface area (Å²) in [6.07, 6.45) is 0. The SMILES string of the molecule is Cc1ccccc1-c1cc(CBr)ccc1C. The normalized spacial score (nSPS) is 10.4. The number of alkyl halides is 1. The van der Waals surface area contributed by atoms with E-state index in [1.54, 1.807) is 0 Å². The summed E-state index contributed by atoms with van der Waals surface area (Å²) in [7, 11) is 0. The Bertz CT molecular complexity index is 501. The molecule has 0 aliphatic rings. The van der Waals surface area contributed by atoms with E-state index in [9.17, 15) is 0 Å². The summed E-state index contributed by atoms with van der Waals surface area (Å²) in [5.41, 5.74) is 6.66. The zero-order chi connectivity index (χ0) is 11.5. The zero-order valence-corrected chi connectivity index (χ0v) is 11.2. The maximum Gasteiger partial charge on any atom is 0.0283 e. The van der Waals surface area contributed by atoms with Gasteiger partial charge in [0, 0.05) is 5.33 Å². The Morgan fingerprint density at radius 3 is 2.25 bits per heavy atom. The summed E-state index contributed by atoms with van der Waals surface area (Å²) in [4.78, 5) is 0. The average molecular weight is 275 g/mol. The second-order valence-electron chi connectivity index (χ2n) is 4.10. The molecule has 0 atom stereocenters. The Labute approximate surface area is 105 Å². The predicted octanol–water partition coefficient (Wildman–Crippen LogP) is 4.87. The van der Waals surface area contributed by atoms with Crippen LogP contribution in [0.15, 0.2) is 42.5 Å². The Morgan fingerprint density at radius 2 is 1.56 bits per heavy atom. The van der Waals surface area contributed by atoms with Gasteiger partial charge in [-0.25, -0.2) is 0 Å². The molecule has 0 unspecified atom stereocenters. The van der Waals surface area contributed by atoms with Crippen LogP contribution >= 0.6 is 15.9 Å². The van der Waals surface area contributed by atoms with Crippen molar-refractivity contribution in [1.29, 1.82) is 0 Å². The molecule has 0 aliphatic heterocycles. The molecule has 0 spiro atoms. The molecule has 0 aromatic heterocycles. The third-order valence-corrected chi connectivity index (χ3v) is 3.54. The van der Waals surface area contributed by atoms with E-state index in [4.69, 9.17) is 0 Å². The van der Waals surface area contributed by atoms with Crippen molar-refractivity contribution < 1.29 is 0 Å². The summed E-state index contributed by atoms with van der Waals surface area (Å²) in [6.45, 7) is 4.33. The molecule has 0 saturated heterocycles. The lowest BCUT2D eigenvalue weighted by atomic mass is 9.95. The largest absolute Gasteiger partial charge is 0.0876 e. The number of rotatable bonds is 2. The second-order valence-corrected chi connectivity index (χ2v) is 4.66. The van der Waals surface area contributed by atoms with Gasteiger partial charge in [-0.1, -0.05) is 58.4 Å². The van der Waals surface area contributed by atoms with Crippen LogP contribution < -0.4 is 0 Å². The fourth-order valence-electron chi connectivity index (χ4n) is 1.92. The molecule has 0 N–H and O–H groups in total. The topological polar surface area (TPSA) is 0 Å². The maximum atomic E-state index is 3.51. The van der Waals surface area contributed by atoms with Crippen molar-refractivity contribution in [2.75, 3.05) is 0 Å². The molecular formula is C15H15Br. The molecule has 0 radical (unpaired) electrons. The molecule has 0 aliphatic carbocycles. The fraction of sp³-hybridized carbons (Fsp3) is 0.200. The van der Waals surface area contributed by atoms with Crippen molar-refractivity contribution in [1.82, 2.24) is 0 Å². The van der Waals surface area contributed by atoms with Gasteiger partial charge in [0.25, 0.3) is 0 Å². The van der Waals surface area contributed by atoms with E-state index in [0.29, 0.717) is 0 Å². The standard InChI is InChI=1S/C15H15Br/c1-11-5-3-4-6-14(11)15-9-13(10-16)8-7-12(15)2/h3-9H,10H2,1-2H3. The van der Waals surface area contributed by atoms with Crippen LogP contribution in [-0.2, 0) is 5.33 Å². The molecule has 0 saturated carbocycles. The molecule has 0 amide bonds. The maximum absolute atomic E-state index is 3.51. The highest BCUT2D eigenvalue weighted by atomic mass is 79.9. The van der Waals surface area contributed by atoms with Crippen LogP contribution in [0.3, 0.4) is 0 Å². The van der Waals surface area contributed by atoms with E-state index in [1.807, 2.05) is 0 Å². The Hall–Kier alpha value is -1.08. The highest BCUT2D eigenvalue weighted by Crippen LogP contribution is 2.27. The second kappa shape index (κ2) is 4.84. The third kappa shape index (κ3) is 2.19. The highest BCUT2D eigenvalue weighted by molar-refractivity contribution is 9.08. The number of halogens is 1. The number of aryl methyl sites for hydroxylation is 2. The quantitative estimate of drug-likeness (QED) is 0.686. The van der Waals surface area contributed by atoms with E-state index in [-0.39, 0.29) is 0 Å². The summed E-state index contributed by atoms with van der Waals surface area (Å²) >= 11 is 3.51. The minimum Gasteiger partial charge on any atom is -0.0876 e. The molecule has 82 valence electrons. The lowest BCUT2D eigenvalue weighted by molar-refractivity contribution is 1.36. The highest BCUT2D eigenvalue weighted by Gasteiger charge is 2.05. The fourth-order valence-corrected chi connectivity index (χ4v) is 2.27. The van der Waals surface area contributed by atoms with Gasteiger partial charge >= 0.3 is 0 Å². The molecule has 0 nitrogen and oxygen atoms in total. The summed E-state index contributed by atoms with van der Waals surface area (Å²) in [6, 6.07) is 15.2. The van der Waals surface area contributed by atoms with Crippen molar-refractivity contribution in [2.45, 2.75) is 19.2 Å². The van der Waals surface area contributed by atoms with Gasteiger partial charge in [-0.3, -0.25) is 0 Å². The molecule has 0 bridgehead atoms. The first kappa shape index (κ1) is 11.4. The van der Waals surface area contributed by atoms with Crippen LogP contribution in [-0.4, -0.2) is 0 Å². The number of hydrogen-bond donors (Lipinski definition) is 0. The van der Waals surface area contributed by atoms with Crippen LogP contribution in [0.2, 0.25) is 0 Å². The van der Waals surface area contributed by atoms with Gasteiger partial charge in [-0.05, 0) is 41.7 Å². The smallest absolute Gasteiger partial charge is 0.0283 e. The van der Waals surface area contributed by atoms with Crippen LogP contribution in [0.1, 0.15) is 16.7 Å². The lowest BCUT2D eigenvalue weighted by Gasteiger charge is -2.10. The molecule has 0 heterocycles. The van der Waals surface area contributed by atoms with Crippen molar-refractivity contribution >= 4 is 15.9 Å². The first-order valence-corrected chi connectivity index (χ1v) is 6.56. The van der Waals surface area contributed by atoms with Crippen molar-refractivity contribution in [2.24, 2.45) is 0 Å². The van der Waals surface area contributed by atoms with Crippen LogP contribution in [0.4, 0.5) is 0 Å². The third-order valence-electron chi connectivity index (χ3n) is 2.89. The van der Waals surface area contributed by atoms with E-state index < -0.39 is 0 Å². The molecule has 16 heavy (non-hydrogen) atoms. The number of hydrogen-bond acceptors (Lipinski definition) is 0. The minimum absolute atomic E-state index is 0.909. The van der Waals surface area contributed by atoms with Gasteiger partial charge in [-0.15, -0.1) is 0 Å². The van der Waals surface area contributed by atoms with Crippen LogP contribution in [0.25, 0.3) is 11.1 Å². The predicted molar refractivity (Wildman–Crippen MR) is 74.0 cm³/mol. The van der Waals surface area contributed by atoms with Crippen molar-refractivity contribution in [3.05, 3.63) is 59.2 Å². The van der Waals surface area contributed by atoms with Crippen LogP contribution in [0.5, 0.6) is 0 Å². The Balaban J connectivity index is 2.59. The van der Waals surface area contributed by atoms with Crippen molar-refractivity contribution in [3.8, 4) is 11.1 Å². The number of benzene rings is 2. The molecule has 0 fully saturated rings. The van der Waals surface area contributed by atoms with Gasteiger partial charge < -0.3 is 0 Å². The summed E-state index contributed by atoms with van der Waals surface area (Å²) in [5.74, 6) is 0. The van der Waals surface area contributed by atoms with Gasteiger partial charge in [0.05, 0.1) is 0 Å². The summed E-state index contributed by atoms with van der Waals surface area (Å²) < 4.78 is 0. The summed E-state index contributed by atoms with van der Waals surface area (Å²) in [5, 5.41) is 0.909. The first-order chi connectivity index (χ1) is 7.72. The Kier molecular flexibility index (Phi) is 3.45. The minimum atomic E-state index is 0.909. The van der Waals surface area contributed by atoms with Crippen molar-refractivity contribution in [3.63, 3.8) is 0 Å².